The summed E-state index contributed by atoms with van der Waals surface area (Å²) in [6.45, 7) is 5.52. The van der Waals surface area contributed by atoms with Gasteiger partial charge in [-0.3, -0.25) is 9.52 Å². The number of nitrogens with zero attached hydrogens (tertiary/aromatic N) is 4. The first-order chi connectivity index (χ1) is 24.0. The molecular formula is C34H45F3N6O7S. The molecule has 2 aromatic carbocycles. The van der Waals surface area contributed by atoms with Crippen molar-refractivity contribution in [1.82, 2.24) is 19.4 Å². The number of carbonyl (C=O) groups is 2. The van der Waals surface area contributed by atoms with Crippen LogP contribution < -0.4 is 14.8 Å². The summed E-state index contributed by atoms with van der Waals surface area (Å²) in [5, 5.41) is 12.6. The highest BCUT2D eigenvalue weighted by molar-refractivity contribution is 7.92. The van der Waals surface area contributed by atoms with Crippen molar-refractivity contribution >= 4 is 33.3 Å². The minimum atomic E-state index is -4.51. The summed E-state index contributed by atoms with van der Waals surface area (Å²) >= 11 is 0. The number of likely N-dealkylation sites (N-methyl/N-ethyl adjacent to an activating group) is 1. The van der Waals surface area contributed by atoms with Crippen LogP contribution in [-0.2, 0) is 28.0 Å². The molecule has 0 fully saturated rings. The number of aliphatic hydroxyl groups is 1. The van der Waals surface area contributed by atoms with Crippen LogP contribution in [0.25, 0.3) is 0 Å². The van der Waals surface area contributed by atoms with E-state index in [0.717, 1.165) is 18.6 Å². The number of anilines is 2. The molecule has 0 saturated heterocycles. The second kappa shape index (κ2) is 16.8. The molecule has 1 aromatic heterocycles. The van der Waals surface area contributed by atoms with E-state index in [4.69, 9.17) is 9.47 Å². The zero-order chi connectivity index (χ0) is 37.5. The molecule has 0 radical (unpaired) electrons. The highest BCUT2D eigenvalue weighted by Crippen LogP contribution is 2.31. The van der Waals surface area contributed by atoms with E-state index in [0.29, 0.717) is 19.4 Å². The monoisotopic (exact) mass is 738 g/mol. The van der Waals surface area contributed by atoms with Crippen LogP contribution in [0.5, 0.6) is 5.75 Å². The number of rotatable bonds is 8. The lowest BCUT2D eigenvalue weighted by Crippen LogP contribution is -2.48. The molecular weight excluding hydrogens is 693 g/mol. The third kappa shape index (κ3) is 10.6. The fraction of sp³-hybridized carbons (Fsp3) is 0.500. The largest absolute Gasteiger partial charge is 0.490 e. The van der Waals surface area contributed by atoms with E-state index in [1.54, 1.807) is 14.0 Å². The Hall–Kier alpha value is -4.35. The number of aliphatic hydroxyl groups excluding tert-OH is 1. The van der Waals surface area contributed by atoms with Crippen LogP contribution in [0.1, 0.15) is 56.0 Å². The first kappa shape index (κ1) is 39.4. The standard InChI is InChI=1S/C34H45F3N6O7S/c1-22-17-43(23(2)20-44)32(45)28-16-27(40-51(47,48)31-19-41(4)21-38-31)13-14-29(28)50-24(3)8-6-7-15-49-30(22)18-42(5)33(46)39-26-11-9-25(10-12-26)34(35,36)37/h9-14,16,19,21-24,30,40,44H,6-8,15,17-18,20H2,1-5H3,(H,39,46)/t22-,23-,24-,30+/m0/s1. The number of fused-ring (bicyclic) bond motifs is 1. The van der Waals surface area contributed by atoms with Gasteiger partial charge in [-0.05, 0) is 75.6 Å². The molecule has 0 unspecified atom stereocenters. The number of aryl methyl sites for hydroxylation is 1. The van der Waals surface area contributed by atoms with Crippen LogP contribution in [-0.4, -0.2) is 96.4 Å². The first-order valence-electron chi connectivity index (χ1n) is 16.5. The Labute approximate surface area is 295 Å². The van der Waals surface area contributed by atoms with Gasteiger partial charge in [0.25, 0.3) is 15.9 Å². The molecule has 0 aliphatic carbocycles. The number of ether oxygens (including phenoxy) is 2. The fourth-order valence-electron chi connectivity index (χ4n) is 5.50. The van der Waals surface area contributed by atoms with E-state index in [-0.39, 0.29) is 59.4 Å². The minimum Gasteiger partial charge on any atom is -0.490 e. The average molecular weight is 739 g/mol. The zero-order valence-electron chi connectivity index (χ0n) is 29.2. The number of hydrogen-bond acceptors (Lipinski definition) is 8. The zero-order valence-corrected chi connectivity index (χ0v) is 30.0. The number of imidazole rings is 1. The van der Waals surface area contributed by atoms with Crippen molar-refractivity contribution in [1.29, 1.82) is 0 Å². The van der Waals surface area contributed by atoms with E-state index in [1.165, 1.54) is 64.3 Å². The van der Waals surface area contributed by atoms with Crippen LogP contribution in [0.15, 0.2) is 60.0 Å². The third-order valence-electron chi connectivity index (χ3n) is 8.52. The summed E-state index contributed by atoms with van der Waals surface area (Å²) in [6, 6.07) is 7.30. The number of benzene rings is 2. The SMILES string of the molecule is C[C@H]1CCCCO[C@H](CN(C)C(=O)Nc2ccc(C(F)(F)F)cc2)[C@@H](C)CN([C@@H](C)CO)C(=O)c2cc(NS(=O)(=O)c3cn(C)cn3)ccc2O1. The molecule has 280 valence electrons. The lowest BCUT2D eigenvalue weighted by Gasteiger charge is -2.35. The third-order valence-corrected chi connectivity index (χ3v) is 9.79. The van der Waals surface area contributed by atoms with Crippen molar-refractivity contribution in [3.63, 3.8) is 0 Å². The lowest BCUT2D eigenvalue weighted by molar-refractivity contribution is -0.137. The Morgan fingerprint density at radius 3 is 2.45 bits per heavy atom. The van der Waals surface area contributed by atoms with Crippen LogP contribution >= 0.6 is 0 Å². The van der Waals surface area contributed by atoms with Gasteiger partial charge in [0.15, 0.2) is 5.03 Å². The van der Waals surface area contributed by atoms with Gasteiger partial charge < -0.3 is 34.3 Å². The Bertz CT molecular complexity index is 1750. The van der Waals surface area contributed by atoms with Crippen LogP contribution in [0.4, 0.5) is 29.3 Å². The number of alkyl halides is 3. The van der Waals surface area contributed by atoms with Gasteiger partial charge in [-0.1, -0.05) is 6.92 Å². The van der Waals surface area contributed by atoms with Gasteiger partial charge in [0.05, 0.1) is 42.3 Å². The molecule has 51 heavy (non-hydrogen) atoms. The molecule has 0 bridgehead atoms. The first-order valence-corrected chi connectivity index (χ1v) is 18.0. The number of carbonyl (C=O) groups excluding carboxylic acids is 2. The molecule has 17 heteroatoms. The molecule has 0 spiro atoms. The Balaban J connectivity index is 1.59. The topological polar surface area (TPSA) is 155 Å². The van der Waals surface area contributed by atoms with Crippen molar-refractivity contribution in [2.75, 3.05) is 43.4 Å². The number of urea groups is 1. The summed E-state index contributed by atoms with van der Waals surface area (Å²) in [5.74, 6) is -0.657. The fourth-order valence-corrected chi connectivity index (χ4v) is 6.53. The molecule has 4 rings (SSSR count). The average Bonchev–Trinajstić information content (AvgIpc) is 3.53. The Morgan fingerprint density at radius 1 is 1.14 bits per heavy atom. The van der Waals surface area contributed by atoms with E-state index in [9.17, 15) is 36.3 Å². The second-order valence-electron chi connectivity index (χ2n) is 12.9. The van der Waals surface area contributed by atoms with Gasteiger partial charge in [0, 0.05) is 57.3 Å². The summed E-state index contributed by atoms with van der Waals surface area (Å²) in [4.78, 5) is 34.1. The highest BCUT2D eigenvalue weighted by Gasteiger charge is 2.32. The van der Waals surface area contributed by atoms with Crippen molar-refractivity contribution in [2.45, 2.75) is 69.5 Å². The van der Waals surface area contributed by atoms with Crippen molar-refractivity contribution in [3.05, 3.63) is 66.1 Å². The molecule has 1 aliphatic rings. The van der Waals surface area contributed by atoms with Gasteiger partial charge in [0.1, 0.15) is 5.75 Å². The van der Waals surface area contributed by atoms with E-state index < -0.39 is 45.8 Å². The minimum absolute atomic E-state index is 0.0816. The van der Waals surface area contributed by atoms with Crippen LogP contribution in [0, 0.1) is 5.92 Å². The summed E-state index contributed by atoms with van der Waals surface area (Å²) in [6.07, 6.45) is -0.673. The number of halogens is 3. The predicted octanol–water partition coefficient (Wildman–Crippen LogP) is 5.20. The van der Waals surface area contributed by atoms with E-state index in [1.807, 2.05) is 13.8 Å². The predicted molar refractivity (Wildman–Crippen MR) is 184 cm³/mol. The number of aromatic nitrogens is 2. The van der Waals surface area contributed by atoms with Gasteiger partial charge in [-0.15, -0.1) is 0 Å². The normalized spacial score (nSPS) is 20.1. The van der Waals surface area contributed by atoms with Crippen molar-refractivity contribution in [2.24, 2.45) is 13.0 Å². The van der Waals surface area contributed by atoms with Crippen LogP contribution in [0.2, 0.25) is 0 Å². The van der Waals surface area contributed by atoms with E-state index >= 15 is 0 Å². The molecule has 1 aliphatic heterocycles. The molecule has 13 nitrogen and oxygen atoms in total. The molecule has 4 atom stereocenters. The molecule has 2 heterocycles. The van der Waals surface area contributed by atoms with Crippen molar-refractivity contribution < 1.29 is 45.8 Å². The number of hydrogen-bond donors (Lipinski definition) is 3. The quantitative estimate of drug-likeness (QED) is 0.285. The smallest absolute Gasteiger partial charge is 0.416 e. The maximum absolute atomic E-state index is 14.3. The highest BCUT2D eigenvalue weighted by atomic mass is 32.2. The van der Waals surface area contributed by atoms with Gasteiger partial charge >= 0.3 is 12.2 Å². The summed E-state index contributed by atoms with van der Waals surface area (Å²) in [5.41, 5.74) is -0.461. The van der Waals surface area contributed by atoms with E-state index in [2.05, 4.69) is 15.0 Å². The van der Waals surface area contributed by atoms with Crippen LogP contribution in [0.3, 0.4) is 0 Å². The molecule has 0 saturated carbocycles. The van der Waals surface area contributed by atoms with Crippen molar-refractivity contribution in [3.8, 4) is 5.75 Å². The summed E-state index contributed by atoms with van der Waals surface area (Å²) < 4.78 is 81.5. The van der Waals surface area contributed by atoms with Gasteiger partial charge in [-0.2, -0.15) is 21.6 Å². The van der Waals surface area contributed by atoms with Gasteiger partial charge in [0.2, 0.25) is 0 Å². The Kier molecular flexibility index (Phi) is 13.0. The maximum Gasteiger partial charge on any atom is 0.416 e. The lowest BCUT2D eigenvalue weighted by atomic mass is 10.0. The maximum atomic E-state index is 14.3. The molecule has 3 aromatic rings. The summed E-state index contributed by atoms with van der Waals surface area (Å²) in [7, 11) is -0.912. The Morgan fingerprint density at radius 2 is 1.82 bits per heavy atom. The molecule has 3 N–H and O–H groups in total. The number of amides is 3. The number of sulfonamides is 1. The van der Waals surface area contributed by atoms with Gasteiger partial charge in [-0.25, -0.2) is 9.78 Å². The second-order valence-corrected chi connectivity index (χ2v) is 14.5. The number of nitrogens with one attached hydrogen (secondary N) is 2. The molecule has 3 amide bonds.